The number of hydrogen-bond donors (Lipinski definition) is 1. The summed E-state index contributed by atoms with van der Waals surface area (Å²) in [6, 6.07) is 4.76. The molecule has 1 heterocycles. The topological polar surface area (TPSA) is 71.3 Å². The van der Waals surface area contributed by atoms with Gasteiger partial charge in [-0.15, -0.1) is 10.2 Å². The summed E-state index contributed by atoms with van der Waals surface area (Å²) in [4.78, 5) is 13.9. The lowest BCUT2D eigenvalue weighted by atomic mass is 10.3. The van der Waals surface area contributed by atoms with Gasteiger partial charge in [-0.2, -0.15) is 0 Å². The van der Waals surface area contributed by atoms with Gasteiger partial charge in [0.25, 0.3) is 0 Å². The van der Waals surface area contributed by atoms with E-state index >= 15 is 0 Å². The van der Waals surface area contributed by atoms with Crippen LogP contribution in [0.15, 0.2) is 22.6 Å². The van der Waals surface area contributed by atoms with Crippen molar-refractivity contribution in [2.75, 3.05) is 18.9 Å². The highest BCUT2D eigenvalue weighted by molar-refractivity contribution is 6.42. The van der Waals surface area contributed by atoms with Gasteiger partial charge in [-0.1, -0.05) is 23.2 Å². The van der Waals surface area contributed by atoms with Crippen molar-refractivity contribution in [2.45, 2.75) is 19.9 Å². The molecule has 0 spiro atoms. The third-order valence-electron chi connectivity index (χ3n) is 3.16. The Hall–Kier alpha value is -1.63. The fraction of sp³-hybridized carbons (Fsp3) is 0.357. The summed E-state index contributed by atoms with van der Waals surface area (Å²) in [5.41, 5.74) is 0.592. The van der Waals surface area contributed by atoms with Gasteiger partial charge in [0.05, 0.1) is 22.6 Å². The van der Waals surface area contributed by atoms with Crippen LogP contribution in [0.2, 0.25) is 10.0 Å². The van der Waals surface area contributed by atoms with Crippen molar-refractivity contribution in [3.8, 4) is 0 Å². The number of anilines is 1. The second-order valence-corrected chi connectivity index (χ2v) is 5.74. The molecule has 118 valence electrons. The van der Waals surface area contributed by atoms with E-state index in [2.05, 4.69) is 15.5 Å². The number of halogens is 2. The number of hydrogen-bond acceptors (Lipinski definition) is 5. The van der Waals surface area contributed by atoms with Gasteiger partial charge in [-0.25, -0.2) is 0 Å². The lowest BCUT2D eigenvalue weighted by Crippen LogP contribution is -2.32. The third kappa shape index (κ3) is 4.19. The predicted molar refractivity (Wildman–Crippen MR) is 85.2 cm³/mol. The van der Waals surface area contributed by atoms with Crippen molar-refractivity contribution in [2.24, 2.45) is 0 Å². The zero-order chi connectivity index (χ0) is 16.3. The molecule has 1 aromatic carbocycles. The largest absolute Gasteiger partial charge is 0.424 e. The fourth-order valence-electron chi connectivity index (χ4n) is 1.81. The van der Waals surface area contributed by atoms with Gasteiger partial charge in [0.15, 0.2) is 0 Å². The van der Waals surface area contributed by atoms with Crippen LogP contribution in [0, 0.1) is 6.92 Å². The number of aromatic nitrogens is 2. The van der Waals surface area contributed by atoms with E-state index in [0.717, 1.165) is 0 Å². The SMILES string of the molecule is Cc1nnc(C(C)N(C)CC(=O)Nc2ccc(Cl)c(Cl)c2)o1. The van der Waals surface area contributed by atoms with Gasteiger partial charge >= 0.3 is 0 Å². The Morgan fingerprint density at radius 2 is 2.09 bits per heavy atom. The normalized spacial score (nSPS) is 12.5. The number of rotatable bonds is 5. The Bertz CT molecular complexity index is 675. The first-order valence-electron chi connectivity index (χ1n) is 6.62. The van der Waals surface area contributed by atoms with E-state index in [9.17, 15) is 4.79 Å². The van der Waals surface area contributed by atoms with Crippen molar-refractivity contribution >= 4 is 34.8 Å². The lowest BCUT2D eigenvalue weighted by molar-refractivity contribution is -0.117. The minimum atomic E-state index is -0.177. The van der Waals surface area contributed by atoms with Gasteiger partial charge in [0, 0.05) is 12.6 Å². The van der Waals surface area contributed by atoms with E-state index in [0.29, 0.717) is 27.5 Å². The Morgan fingerprint density at radius 1 is 1.36 bits per heavy atom. The van der Waals surface area contributed by atoms with Crippen LogP contribution < -0.4 is 5.32 Å². The first-order chi connectivity index (χ1) is 10.4. The molecule has 2 rings (SSSR count). The van der Waals surface area contributed by atoms with Gasteiger partial charge in [-0.05, 0) is 32.2 Å². The van der Waals surface area contributed by atoms with Crippen LogP contribution in [0.25, 0.3) is 0 Å². The van der Waals surface area contributed by atoms with Crippen molar-refractivity contribution < 1.29 is 9.21 Å². The van der Waals surface area contributed by atoms with Crippen molar-refractivity contribution in [3.63, 3.8) is 0 Å². The highest BCUT2D eigenvalue weighted by atomic mass is 35.5. The number of carbonyl (C=O) groups is 1. The molecular formula is C14H16Cl2N4O2. The molecule has 6 nitrogen and oxygen atoms in total. The molecule has 22 heavy (non-hydrogen) atoms. The number of benzene rings is 1. The summed E-state index contributed by atoms with van der Waals surface area (Å²) < 4.78 is 5.37. The molecule has 0 aliphatic heterocycles. The van der Waals surface area contributed by atoms with Gasteiger partial charge in [-0.3, -0.25) is 9.69 Å². The summed E-state index contributed by atoms with van der Waals surface area (Å²) in [5.74, 6) is 0.793. The summed E-state index contributed by atoms with van der Waals surface area (Å²) in [6.45, 7) is 3.78. The van der Waals surface area contributed by atoms with Crippen molar-refractivity contribution in [1.29, 1.82) is 0 Å². The first-order valence-corrected chi connectivity index (χ1v) is 7.37. The van der Waals surface area contributed by atoms with E-state index in [1.807, 2.05) is 6.92 Å². The maximum atomic E-state index is 12.1. The summed E-state index contributed by atoms with van der Waals surface area (Å²) in [6.07, 6.45) is 0. The summed E-state index contributed by atoms with van der Waals surface area (Å²) in [5, 5.41) is 11.3. The quantitative estimate of drug-likeness (QED) is 0.902. The highest BCUT2D eigenvalue weighted by Crippen LogP contribution is 2.25. The monoisotopic (exact) mass is 342 g/mol. The number of aryl methyl sites for hydroxylation is 1. The Morgan fingerprint density at radius 3 is 2.68 bits per heavy atom. The van der Waals surface area contributed by atoms with E-state index in [-0.39, 0.29) is 18.5 Å². The molecule has 2 aromatic rings. The second-order valence-electron chi connectivity index (χ2n) is 4.93. The van der Waals surface area contributed by atoms with E-state index in [1.165, 1.54) is 0 Å². The number of likely N-dealkylation sites (N-methyl/N-ethyl adjacent to an activating group) is 1. The molecule has 0 saturated heterocycles. The average Bonchev–Trinajstić information content (AvgIpc) is 2.88. The van der Waals surface area contributed by atoms with Crippen molar-refractivity contribution in [3.05, 3.63) is 40.0 Å². The fourth-order valence-corrected chi connectivity index (χ4v) is 2.11. The molecule has 8 heteroatoms. The maximum absolute atomic E-state index is 12.1. The Kier molecular flexibility index (Phi) is 5.39. The number of carbonyl (C=O) groups excluding carboxylic acids is 1. The number of amides is 1. The van der Waals surface area contributed by atoms with E-state index < -0.39 is 0 Å². The van der Waals surface area contributed by atoms with Crippen LogP contribution in [-0.2, 0) is 4.79 Å². The van der Waals surface area contributed by atoms with Gasteiger partial charge in [0.2, 0.25) is 17.7 Å². The molecule has 1 atom stereocenters. The molecule has 0 fully saturated rings. The molecule has 0 bridgehead atoms. The smallest absolute Gasteiger partial charge is 0.238 e. The molecule has 1 amide bonds. The molecule has 0 saturated carbocycles. The molecule has 1 aromatic heterocycles. The standard InChI is InChI=1S/C14H16Cl2N4O2/c1-8(14-19-18-9(2)22-14)20(3)7-13(21)17-10-4-5-11(15)12(16)6-10/h4-6,8H,7H2,1-3H3,(H,17,21). The zero-order valence-electron chi connectivity index (χ0n) is 12.4. The molecule has 1 N–H and O–H groups in total. The first kappa shape index (κ1) is 16.7. The maximum Gasteiger partial charge on any atom is 0.238 e. The van der Waals surface area contributed by atoms with Gasteiger partial charge in [0.1, 0.15) is 0 Å². The minimum absolute atomic E-state index is 0.166. The van der Waals surface area contributed by atoms with Crippen LogP contribution in [0.3, 0.4) is 0 Å². The van der Waals surface area contributed by atoms with Crippen LogP contribution in [0.4, 0.5) is 5.69 Å². The molecule has 1 unspecified atom stereocenters. The highest BCUT2D eigenvalue weighted by Gasteiger charge is 2.19. The number of nitrogens with zero attached hydrogens (tertiary/aromatic N) is 3. The molecule has 0 aliphatic carbocycles. The zero-order valence-corrected chi connectivity index (χ0v) is 13.9. The number of nitrogens with one attached hydrogen (secondary N) is 1. The lowest BCUT2D eigenvalue weighted by Gasteiger charge is -2.21. The van der Waals surface area contributed by atoms with E-state index in [1.54, 1.807) is 37.1 Å². The van der Waals surface area contributed by atoms with Crippen LogP contribution in [-0.4, -0.2) is 34.6 Å². The summed E-state index contributed by atoms with van der Waals surface area (Å²) in [7, 11) is 1.80. The third-order valence-corrected chi connectivity index (χ3v) is 3.90. The van der Waals surface area contributed by atoms with Crippen LogP contribution in [0.5, 0.6) is 0 Å². The van der Waals surface area contributed by atoms with Crippen molar-refractivity contribution in [1.82, 2.24) is 15.1 Å². The van der Waals surface area contributed by atoms with Crippen LogP contribution >= 0.6 is 23.2 Å². The van der Waals surface area contributed by atoms with Gasteiger partial charge < -0.3 is 9.73 Å². The molecule has 0 aliphatic rings. The second kappa shape index (κ2) is 7.09. The molecule has 0 radical (unpaired) electrons. The van der Waals surface area contributed by atoms with Crippen LogP contribution in [0.1, 0.15) is 24.7 Å². The predicted octanol–water partition coefficient (Wildman–Crippen LogP) is 3.32. The van der Waals surface area contributed by atoms with E-state index in [4.69, 9.17) is 27.6 Å². The molecular weight excluding hydrogens is 327 g/mol. The average molecular weight is 343 g/mol. The Balaban J connectivity index is 1.94. The minimum Gasteiger partial charge on any atom is -0.424 e. The Labute approximate surface area is 138 Å². The summed E-state index contributed by atoms with van der Waals surface area (Å²) >= 11 is 11.8.